The van der Waals surface area contributed by atoms with E-state index in [-0.39, 0.29) is 0 Å². The summed E-state index contributed by atoms with van der Waals surface area (Å²) < 4.78 is 0. The third kappa shape index (κ3) is 3.74. The molecule has 8 saturated carbocycles. The van der Waals surface area contributed by atoms with E-state index in [9.17, 15) is 10.2 Å². The van der Waals surface area contributed by atoms with Crippen LogP contribution in [0.25, 0.3) is 11.1 Å². The topological polar surface area (TPSA) is 40.5 Å². The molecule has 0 spiro atoms. The molecule has 0 unspecified atom stereocenters. The Kier molecular flexibility index (Phi) is 5.45. The molecule has 0 aromatic heterocycles. The molecule has 0 radical (unpaired) electrons. The lowest BCUT2D eigenvalue weighted by Crippen LogP contribution is -2.48. The average molecular weight is 619 g/mol. The molecule has 47 heavy (non-hydrogen) atoms. The molecule has 0 heterocycles. The second-order valence-electron chi connectivity index (χ2n) is 17.8. The molecule has 8 fully saturated rings. The number of fused-ring (bicyclic) bond motifs is 3. The van der Waals surface area contributed by atoms with Crippen LogP contribution in [0.1, 0.15) is 110 Å². The molecule has 0 atom stereocenters. The van der Waals surface area contributed by atoms with Crippen LogP contribution >= 0.6 is 0 Å². The maximum absolute atomic E-state index is 10.5. The Morgan fingerprint density at radius 3 is 1.00 bits per heavy atom. The Labute approximate surface area is 279 Å². The smallest absolute Gasteiger partial charge is 0.115 e. The number of hydrogen-bond acceptors (Lipinski definition) is 2. The van der Waals surface area contributed by atoms with Gasteiger partial charge in [0.2, 0.25) is 0 Å². The number of phenolic OH excluding ortho intramolecular Hbond substituents is 2. The fraction of sp³-hybridized carbons (Fsp3) is 0.467. The lowest BCUT2D eigenvalue weighted by atomic mass is 9.47. The lowest BCUT2D eigenvalue weighted by Gasteiger charge is -2.57. The lowest BCUT2D eigenvalue weighted by molar-refractivity contribution is -0.00530. The number of rotatable bonds is 4. The van der Waals surface area contributed by atoms with E-state index in [0.717, 1.165) is 35.5 Å². The molecule has 2 N–H and O–H groups in total. The summed E-state index contributed by atoms with van der Waals surface area (Å²) in [6.45, 7) is 0. The molecule has 4 aromatic rings. The summed E-state index contributed by atoms with van der Waals surface area (Å²) in [6.07, 6.45) is 16.8. The minimum Gasteiger partial charge on any atom is -0.508 e. The van der Waals surface area contributed by atoms with Crippen LogP contribution in [-0.2, 0) is 16.2 Å². The van der Waals surface area contributed by atoms with Crippen molar-refractivity contribution in [3.05, 3.63) is 118 Å². The van der Waals surface area contributed by atoms with E-state index in [1.807, 2.05) is 24.3 Å². The van der Waals surface area contributed by atoms with Crippen LogP contribution in [0.15, 0.2) is 84.9 Å². The summed E-state index contributed by atoms with van der Waals surface area (Å²) in [5.74, 6) is 5.99. The Morgan fingerprint density at radius 1 is 0.383 bits per heavy atom. The van der Waals surface area contributed by atoms with Crippen LogP contribution in [0.2, 0.25) is 0 Å². The molecule has 2 heteroatoms. The monoisotopic (exact) mass is 618 g/mol. The van der Waals surface area contributed by atoms with E-state index in [1.165, 1.54) is 110 Å². The average Bonchev–Trinajstić information content (AvgIpc) is 3.34. The van der Waals surface area contributed by atoms with Crippen LogP contribution < -0.4 is 0 Å². The van der Waals surface area contributed by atoms with Crippen molar-refractivity contribution in [2.45, 2.75) is 93.3 Å². The summed E-state index contributed by atoms with van der Waals surface area (Å²) in [4.78, 5) is 0. The number of aromatic hydroxyl groups is 2. The zero-order chi connectivity index (χ0) is 31.1. The predicted octanol–water partition coefficient (Wildman–Crippen LogP) is 10.4. The van der Waals surface area contributed by atoms with Gasteiger partial charge in [-0.1, -0.05) is 60.7 Å². The Morgan fingerprint density at radius 2 is 0.681 bits per heavy atom. The van der Waals surface area contributed by atoms with Crippen molar-refractivity contribution < 1.29 is 10.2 Å². The molecule has 2 nitrogen and oxygen atoms in total. The van der Waals surface area contributed by atoms with E-state index in [0.29, 0.717) is 22.3 Å². The molecule has 13 rings (SSSR count). The molecule has 238 valence electrons. The first kappa shape index (κ1) is 27.4. The van der Waals surface area contributed by atoms with Crippen molar-refractivity contribution in [3.8, 4) is 22.6 Å². The highest BCUT2D eigenvalue weighted by molar-refractivity contribution is 5.87. The van der Waals surface area contributed by atoms with Crippen molar-refractivity contribution in [2.24, 2.45) is 35.5 Å². The molecule has 4 aromatic carbocycles. The maximum atomic E-state index is 10.5. The standard InChI is InChI=1S/C45H46O2/c46-37-7-1-33(2-8-37)45(34-3-9-38(47)10-4-34)41-19-35(43-21-27-13-28(22-43)15-29(14-27)23-43)5-11-39(41)40-12-6-36(20-42(40)45)44-24-30-16-31(25-44)18-32(17-30)26-44/h1-12,19-20,27-32,46-47H,13-18,21-26H2. The van der Waals surface area contributed by atoms with E-state index in [4.69, 9.17) is 0 Å². The van der Waals surface area contributed by atoms with Gasteiger partial charge in [0, 0.05) is 0 Å². The summed E-state index contributed by atoms with van der Waals surface area (Å²) >= 11 is 0. The number of phenols is 2. The number of hydrogen-bond donors (Lipinski definition) is 2. The van der Waals surface area contributed by atoms with Crippen LogP contribution in [-0.4, -0.2) is 10.2 Å². The highest BCUT2D eigenvalue weighted by Gasteiger charge is 2.55. The Bertz CT molecular complexity index is 1700. The van der Waals surface area contributed by atoms with Gasteiger partial charge < -0.3 is 10.2 Å². The maximum Gasteiger partial charge on any atom is 0.115 e. The molecule has 8 bridgehead atoms. The summed E-state index contributed by atoms with van der Waals surface area (Å²) in [6, 6.07) is 31.4. The second kappa shape index (κ2) is 9.34. The summed E-state index contributed by atoms with van der Waals surface area (Å²) in [5.41, 5.74) is 11.1. The molecule has 0 amide bonds. The van der Waals surface area contributed by atoms with Crippen LogP contribution in [0.3, 0.4) is 0 Å². The van der Waals surface area contributed by atoms with Gasteiger partial charge in [0.25, 0.3) is 0 Å². The molecular formula is C45H46O2. The minimum absolute atomic E-state index is 0.303. The normalized spacial score (nSPS) is 36.4. The fourth-order valence-electron chi connectivity index (χ4n) is 14.1. The predicted molar refractivity (Wildman–Crippen MR) is 187 cm³/mol. The van der Waals surface area contributed by atoms with Crippen molar-refractivity contribution in [1.29, 1.82) is 0 Å². The second-order valence-corrected chi connectivity index (χ2v) is 17.8. The van der Waals surface area contributed by atoms with Gasteiger partial charge in [0.15, 0.2) is 0 Å². The van der Waals surface area contributed by atoms with E-state index >= 15 is 0 Å². The van der Waals surface area contributed by atoms with Crippen molar-refractivity contribution in [1.82, 2.24) is 0 Å². The highest BCUT2D eigenvalue weighted by atomic mass is 16.3. The SMILES string of the molecule is Oc1ccc(C2(c3ccc(O)cc3)c3cc(C45CC6CC(CC(C6)C4)C5)ccc3-c3ccc(C45CC6CC(CC(C6)C4)C5)cc32)cc1. The van der Waals surface area contributed by atoms with Gasteiger partial charge in [0.05, 0.1) is 5.41 Å². The van der Waals surface area contributed by atoms with E-state index < -0.39 is 5.41 Å². The molecule has 0 aliphatic heterocycles. The third-order valence-electron chi connectivity index (χ3n) is 15.0. The van der Waals surface area contributed by atoms with E-state index in [2.05, 4.69) is 60.7 Å². The Hall–Kier alpha value is -3.52. The molecule has 0 saturated heterocycles. The Balaban J connectivity index is 1.16. The van der Waals surface area contributed by atoms with Gasteiger partial charge in [-0.05, 0) is 192 Å². The van der Waals surface area contributed by atoms with Crippen LogP contribution in [0, 0.1) is 35.5 Å². The highest BCUT2D eigenvalue weighted by Crippen LogP contribution is 2.65. The first-order valence-electron chi connectivity index (χ1n) is 18.8. The summed E-state index contributed by atoms with van der Waals surface area (Å²) in [5, 5.41) is 21.1. The zero-order valence-corrected chi connectivity index (χ0v) is 27.4. The minimum atomic E-state index is -0.525. The van der Waals surface area contributed by atoms with Gasteiger partial charge in [-0.25, -0.2) is 0 Å². The molecular weight excluding hydrogens is 572 g/mol. The first-order chi connectivity index (χ1) is 22.9. The third-order valence-corrected chi connectivity index (χ3v) is 15.0. The van der Waals surface area contributed by atoms with Crippen molar-refractivity contribution in [2.75, 3.05) is 0 Å². The van der Waals surface area contributed by atoms with Gasteiger partial charge in [0.1, 0.15) is 11.5 Å². The zero-order valence-electron chi connectivity index (χ0n) is 27.4. The van der Waals surface area contributed by atoms with Gasteiger partial charge >= 0.3 is 0 Å². The van der Waals surface area contributed by atoms with Crippen LogP contribution in [0.5, 0.6) is 11.5 Å². The van der Waals surface area contributed by atoms with E-state index in [1.54, 1.807) is 11.1 Å². The molecule has 9 aliphatic carbocycles. The first-order valence-corrected chi connectivity index (χ1v) is 18.8. The van der Waals surface area contributed by atoms with Crippen LogP contribution in [0.4, 0.5) is 0 Å². The molecule has 9 aliphatic rings. The summed E-state index contributed by atoms with van der Waals surface area (Å²) in [7, 11) is 0. The number of benzene rings is 4. The van der Waals surface area contributed by atoms with Crippen molar-refractivity contribution >= 4 is 0 Å². The van der Waals surface area contributed by atoms with Gasteiger partial charge in [-0.3, -0.25) is 0 Å². The van der Waals surface area contributed by atoms with Crippen molar-refractivity contribution in [3.63, 3.8) is 0 Å². The largest absolute Gasteiger partial charge is 0.508 e. The van der Waals surface area contributed by atoms with Gasteiger partial charge in [-0.2, -0.15) is 0 Å². The van der Waals surface area contributed by atoms with Gasteiger partial charge in [-0.15, -0.1) is 0 Å². The fourth-order valence-corrected chi connectivity index (χ4v) is 14.1. The quantitative estimate of drug-likeness (QED) is 0.210.